The minimum Gasteiger partial charge on any atom is -0.354 e. The maximum absolute atomic E-state index is 12.3. The lowest BCUT2D eigenvalue weighted by Crippen LogP contribution is -2.30. The molecule has 0 aliphatic rings. The van der Waals surface area contributed by atoms with Crippen LogP contribution in [0.15, 0.2) is 53.9 Å². The molecule has 1 heterocycles. The molecule has 0 bridgehead atoms. The number of benzene rings is 2. The van der Waals surface area contributed by atoms with Gasteiger partial charge in [0.15, 0.2) is 0 Å². The van der Waals surface area contributed by atoms with Gasteiger partial charge in [-0.05, 0) is 44.4 Å². The van der Waals surface area contributed by atoms with Crippen molar-refractivity contribution >= 4 is 28.8 Å². The van der Waals surface area contributed by atoms with Crippen molar-refractivity contribution in [2.24, 2.45) is 0 Å². The molecular weight excluding hydrogens is 394 g/mol. The number of carbonyl (C=O) groups is 2. The molecule has 30 heavy (non-hydrogen) atoms. The van der Waals surface area contributed by atoms with Crippen molar-refractivity contribution in [2.45, 2.75) is 46.1 Å². The van der Waals surface area contributed by atoms with Crippen molar-refractivity contribution in [3.05, 3.63) is 70.0 Å². The Morgan fingerprint density at radius 2 is 1.77 bits per heavy atom. The molecule has 1 aromatic heterocycles. The van der Waals surface area contributed by atoms with E-state index in [1.807, 2.05) is 43.5 Å². The van der Waals surface area contributed by atoms with E-state index >= 15 is 0 Å². The summed E-state index contributed by atoms with van der Waals surface area (Å²) < 4.78 is 0. The summed E-state index contributed by atoms with van der Waals surface area (Å²) in [6.45, 7) is 5.57. The molecule has 0 fully saturated rings. The normalized spacial score (nSPS) is 11.7. The Kier molecular flexibility index (Phi) is 7.36. The number of rotatable bonds is 8. The summed E-state index contributed by atoms with van der Waals surface area (Å²) in [5.41, 5.74) is 5.10. The van der Waals surface area contributed by atoms with Gasteiger partial charge < -0.3 is 10.6 Å². The van der Waals surface area contributed by atoms with Crippen LogP contribution in [0, 0.1) is 6.92 Å². The van der Waals surface area contributed by atoms with E-state index in [1.54, 1.807) is 6.92 Å². The topological polar surface area (TPSA) is 71.1 Å². The Balaban J connectivity index is 1.54. The largest absolute Gasteiger partial charge is 0.354 e. The second-order valence-electron chi connectivity index (χ2n) is 7.55. The van der Waals surface area contributed by atoms with Gasteiger partial charge in [0.25, 0.3) is 0 Å². The van der Waals surface area contributed by atoms with Crippen molar-refractivity contribution in [2.75, 3.05) is 5.32 Å². The number of amides is 2. The number of nitrogens with one attached hydrogen (secondary N) is 2. The lowest BCUT2D eigenvalue weighted by molar-refractivity contribution is -0.119. The van der Waals surface area contributed by atoms with E-state index in [9.17, 15) is 9.59 Å². The molecule has 2 N–H and O–H groups in total. The van der Waals surface area contributed by atoms with Crippen LogP contribution in [0.5, 0.6) is 0 Å². The second kappa shape index (κ2) is 10.2. The Morgan fingerprint density at radius 3 is 2.43 bits per heavy atom. The summed E-state index contributed by atoms with van der Waals surface area (Å²) in [5.74, 6) is -0.0619. The average Bonchev–Trinajstić information content (AvgIpc) is 3.16. The number of anilines is 1. The number of thiazole rings is 1. The predicted molar refractivity (Wildman–Crippen MR) is 123 cm³/mol. The first-order valence-electron chi connectivity index (χ1n) is 10.1. The quantitative estimate of drug-likeness (QED) is 0.551. The van der Waals surface area contributed by atoms with E-state index in [4.69, 9.17) is 0 Å². The summed E-state index contributed by atoms with van der Waals surface area (Å²) >= 11 is 1.50. The van der Waals surface area contributed by atoms with Crippen molar-refractivity contribution < 1.29 is 9.59 Å². The first-order chi connectivity index (χ1) is 14.4. The van der Waals surface area contributed by atoms with Crippen molar-refractivity contribution in [3.8, 4) is 11.3 Å². The minimum absolute atomic E-state index is 0.00438. The molecule has 3 aromatic rings. The maximum atomic E-state index is 12.3. The Bertz CT molecular complexity index is 994. The van der Waals surface area contributed by atoms with Crippen molar-refractivity contribution in [1.29, 1.82) is 0 Å². The Hall–Kier alpha value is -2.99. The van der Waals surface area contributed by atoms with Gasteiger partial charge in [-0.2, -0.15) is 0 Å². The molecule has 0 radical (unpaired) electrons. The highest BCUT2D eigenvalue weighted by molar-refractivity contribution is 7.10. The summed E-state index contributed by atoms with van der Waals surface area (Å²) in [4.78, 5) is 28.0. The number of hydrogen-bond acceptors (Lipinski definition) is 4. The van der Waals surface area contributed by atoms with Crippen LogP contribution in [0.4, 0.5) is 5.69 Å². The lowest BCUT2D eigenvalue weighted by Gasteiger charge is -2.12. The fraction of sp³-hybridized carbons (Fsp3) is 0.292. The van der Waals surface area contributed by atoms with Crippen LogP contribution < -0.4 is 10.6 Å². The van der Waals surface area contributed by atoms with Crippen LogP contribution in [0.1, 0.15) is 36.4 Å². The van der Waals surface area contributed by atoms with E-state index in [0.29, 0.717) is 0 Å². The number of aryl methyl sites for hydroxylation is 2. The molecule has 0 aliphatic heterocycles. The van der Waals surface area contributed by atoms with Crippen LogP contribution in [0.2, 0.25) is 0 Å². The van der Waals surface area contributed by atoms with E-state index in [2.05, 4.69) is 39.9 Å². The van der Waals surface area contributed by atoms with Gasteiger partial charge in [-0.15, -0.1) is 11.3 Å². The van der Waals surface area contributed by atoms with Gasteiger partial charge in [0.05, 0.1) is 12.1 Å². The van der Waals surface area contributed by atoms with Gasteiger partial charge in [0.1, 0.15) is 5.01 Å². The average molecular weight is 422 g/mol. The third kappa shape index (κ3) is 6.52. The molecule has 1 unspecified atom stereocenters. The summed E-state index contributed by atoms with van der Waals surface area (Å²) in [6, 6.07) is 16.2. The molecule has 0 saturated carbocycles. The zero-order chi connectivity index (χ0) is 21.5. The summed E-state index contributed by atoms with van der Waals surface area (Å²) in [7, 11) is 0. The first-order valence-corrected chi connectivity index (χ1v) is 10.9. The van der Waals surface area contributed by atoms with Crippen LogP contribution in [0.3, 0.4) is 0 Å². The van der Waals surface area contributed by atoms with Crippen molar-refractivity contribution in [3.63, 3.8) is 0 Å². The summed E-state index contributed by atoms with van der Waals surface area (Å²) in [6.07, 6.45) is 2.07. The first kappa shape index (κ1) is 21.7. The molecule has 3 rings (SSSR count). The van der Waals surface area contributed by atoms with Gasteiger partial charge >= 0.3 is 0 Å². The molecule has 2 aromatic carbocycles. The van der Waals surface area contributed by atoms with E-state index in [1.165, 1.54) is 16.9 Å². The highest BCUT2D eigenvalue weighted by Crippen LogP contribution is 2.23. The third-order valence-corrected chi connectivity index (χ3v) is 5.61. The maximum Gasteiger partial charge on any atom is 0.231 e. The van der Waals surface area contributed by atoms with Gasteiger partial charge in [-0.3, -0.25) is 9.59 Å². The fourth-order valence-electron chi connectivity index (χ4n) is 3.15. The van der Waals surface area contributed by atoms with E-state index < -0.39 is 0 Å². The SMILES string of the molecule is CC(=O)NC(C)CCc1ccc(-c2csc(CC(=O)Nc3ccc(C)cc3)n2)cc1. The van der Waals surface area contributed by atoms with E-state index in [-0.39, 0.29) is 24.3 Å². The number of hydrogen-bond donors (Lipinski definition) is 2. The Labute approximate surface area is 181 Å². The van der Waals surface area contributed by atoms with Gasteiger partial charge in [-0.1, -0.05) is 42.0 Å². The fourth-order valence-corrected chi connectivity index (χ4v) is 3.95. The molecule has 1 atom stereocenters. The second-order valence-corrected chi connectivity index (χ2v) is 8.50. The standard InChI is InChI=1S/C24H27N3O2S/c1-16-4-12-21(13-5-16)26-23(29)14-24-27-22(15-30-24)20-10-8-19(9-11-20)7-6-17(2)25-18(3)28/h4-5,8-13,15,17H,6-7,14H2,1-3H3,(H,25,28)(H,26,29). The molecule has 0 spiro atoms. The van der Waals surface area contributed by atoms with E-state index in [0.717, 1.165) is 40.4 Å². The summed E-state index contributed by atoms with van der Waals surface area (Å²) in [5, 5.41) is 8.60. The molecule has 2 amide bonds. The molecular formula is C24H27N3O2S. The molecule has 0 saturated heterocycles. The smallest absolute Gasteiger partial charge is 0.231 e. The molecule has 6 heteroatoms. The highest BCUT2D eigenvalue weighted by Gasteiger charge is 2.10. The molecule has 5 nitrogen and oxygen atoms in total. The zero-order valence-corrected chi connectivity index (χ0v) is 18.4. The van der Waals surface area contributed by atoms with Gasteiger partial charge in [0, 0.05) is 29.6 Å². The number of aromatic nitrogens is 1. The predicted octanol–water partition coefficient (Wildman–Crippen LogP) is 4.76. The minimum atomic E-state index is -0.0663. The number of nitrogens with zero attached hydrogens (tertiary/aromatic N) is 1. The van der Waals surface area contributed by atoms with Crippen LogP contribution in [0.25, 0.3) is 11.3 Å². The van der Waals surface area contributed by atoms with Crippen LogP contribution >= 0.6 is 11.3 Å². The van der Waals surface area contributed by atoms with Crippen molar-refractivity contribution in [1.82, 2.24) is 10.3 Å². The monoisotopic (exact) mass is 421 g/mol. The van der Waals surface area contributed by atoms with Crippen LogP contribution in [-0.4, -0.2) is 22.8 Å². The lowest BCUT2D eigenvalue weighted by atomic mass is 10.0. The van der Waals surface area contributed by atoms with Gasteiger partial charge in [0.2, 0.25) is 11.8 Å². The molecule has 0 aliphatic carbocycles. The van der Waals surface area contributed by atoms with Gasteiger partial charge in [-0.25, -0.2) is 4.98 Å². The van der Waals surface area contributed by atoms with Crippen LogP contribution in [-0.2, 0) is 22.4 Å². The molecule has 156 valence electrons. The third-order valence-electron chi connectivity index (χ3n) is 4.76. The Morgan fingerprint density at radius 1 is 1.07 bits per heavy atom. The highest BCUT2D eigenvalue weighted by atomic mass is 32.1. The zero-order valence-electron chi connectivity index (χ0n) is 17.6. The number of carbonyl (C=O) groups excluding carboxylic acids is 2.